The van der Waals surface area contributed by atoms with Crippen LogP contribution in [-0.2, 0) is 0 Å². The van der Waals surface area contributed by atoms with E-state index in [4.69, 9.17) is 0 Å². The smallest absolute Gasteiger partial charge is 0.137 e. The molecule has 3 atom stereocenters. The minimum absolute atomic E-state index is 0.167. The minimum Gasteiger partial charge on any atom is -0.244 e. The van der Waals surface area contributed by atoms with Crippen LogP contribution in [0.25, 0.3) is 0 Å². The molecule has 0 radical (unpaired) electrons. The molecule has 1 fully saturated rings. The van der Waals surface area contributed by atoms with Crippen LogP contribution in [0, 0.1) is 11.8 Å². The number of alkyl halides is 2. The van der Waals surface area contributed by atoms with Gasteiger partial charge in [0.15, 0.2) is 0 Å². The molecule has 0 N–H and O–H groups in total. The maximum absolute atomic E-state index is 12.0. The molecule has 0 spiro atoms. The van der Waals surface area contributed by atoms with Gasteiger partial charge in [-0.25, -0.2) is 8.78 Å². The van der Waals surface area contributed by atoms with Crippen LogP contribution in [0.4, 0.5) is 8.78 Å². The van der Waals surface area contributed by atoms with Crippen LogP contribution >= 0.6 is 0 Å². The fraction of sp³-hybridized carbons (Fsp3) is 1.00. The SMILES string of the molecule is CC(C)C1C(F)[C@@H]1F. The Balaban J connectivity index is 2.33. The first-order valence-corrected chi connectivity index (χ1v) is 2.92. The number of rotatable bonds is 1. The Labute approximate surface area is 47.9 Å². The summed E-state index contributed by atoms with van der Waals surface area (Å²) in [4.78, 5) is 0. The third kappa shape index (κ3) is 0.721. The van der Waals surface area contributed by atoms with Gasteiger partial charge in [-0.05, 0) is 5.92 Å². The highest BCUT2D eigenvalue weighted by molar-refractivity contribution is 5.00. The largest absolute Gasteiger partial charge is 0.244 e. The lowest BCUT2D eigenvalue weighted by molar-refractivity contribution is 0.372. The van der Waals surface area contributed by atoms with E-state index in [-0.39, 0.29) is 11.8 Å². The molecule has 0 aromatic rings. The first-order chi connectivity index (χ1) is 3.64. The highest BCUT2D eigenvalue weighted by Crippen LogP contribution is 2.43. The maximum Gasteiger partial charge on any atom is 0.137 e. The van der Waals surface area contributed by atoms with Gasteiger partial charge in [-0.15, -0.1) is 0 Å². The Morgan fingerprint density at radius 2 is 1.50 bits per heavy atom. The lowest BCUT2D eigenvalue weighted by atomic mass is 10.1. The van der Waals surface area contributed by atoms with Gasteiger partial charge in [0.05, 0.1) is 0 Å². The Morgan fingerprint density at radius 3 is 1.50 bits per heavy atom. The molecule has 0 nitrogen and oxygen atoms in total. The molecular weight excluding hydrogens is 110 g/mol. The van der Waals surface area contributed by atoms with Crippen molar-refractivity contribution in [1.82, 2.24) is 0 Å². The van der Waals surface area contributed by atoms with E-state index in [1.807, 2.05) is 13.8 Å². The van der Waals surface area contributed by atoms with Crippen LogP contribution in [-0.4, -0.2) is 12.3 Å². The van der Waals surface area contributed by atoms with Gasteiger partial charge in [0.25, 0.3) is 0 Å². The van der Waals surface area contributed by atoms with E-state index in [9.17, 15) is 8.78 Å². The molecule has 2 heteroatoms. The predicted molar refractivity (Wildman–Crippen MR) is 28.1 cm³/mol. The molecule has 0 aliphatic heterocycles. The molecule has 0 aromatic heterocycles. The molecule has 2 unspecified atom stereocenters. The van der Waals surface area contributed by atoms with Gasteiger partial charge in [-0.3, -0.25) is 0 Å². The molecule has 48 valence electrons. The predicted octanol–water partition coefficient (Wildman–Crippen LogP) is 1.95. The van der Waals surface area contributed by atoms with Gasteiger partial charge >= 0.3 is 0 Å². The van der Waals surface area contributed by atoms with Crippen LogP contribution in [0.2, 0.25) is 0 Å². The summed E-state index contributed by atoms with van der Waals surface area (Å²) < 4.78 is 24.1. The zero-order valence-electron chi connectivity index (χ0n) is 5.07. The van der Waals surface area contributed by atoms with Crippen LogP contribution in [0.1, 0.15) is 13.8 Å². The van der Waals surface area contributed by atoms with Crippen molar-refractivity contribution in [3.8, 4) is 0 Å². The normalized spacial score (nSPS) is 45.4. The monoisotopic (exact) mass is 120 g/mol. The second-order valence-corrected chi connectivity index (χ2v) is 2.71. The third-order valence-electron chi connectivity index (χ3n) is 1.67. The molecule has 0 aromatic carbocycles. The summed E-state index contributed by atoms with van der Waals surface area (Å²) >= 11 is 0. The highest BCUT2D eigenvalue weighted by atomic mass is 19.2. The molecule has 8 heavy (non-hydrogen) atoms. The van der Waals surface area contributed by atoms with Crippen LogP contribution in [0.5, 0.6) is 0 Å². The Hall–Kier alpha value is -0.140. The van der Waals surface area contributed by atoms with Gasteiger partial charge in [0, 0.05) is 5.92 Å². The fourth-order valence-electron chi connectivity index (χ4n) is 0.995. The van der Waals surface area contributed by atoms with Gasteiger partial charge < -0.3 is 0 Å². The Kier molecular flexibility index (Phi) is 1.25. The summed E-state index contributed by atoms with van der Waals surface area (Å²) in [6.07, 6.45) is -2.31. The molecule has 0 amide bonds. The first kappa shape index (κ1) is 5.99. The van der Waals surface area contributed by atoms with Crippen LogP contribution in [0.3, 0.4) is 0 Å². The van der Waals surface area contributed by atoms with Gasteiger partial charge in [0.2, 0.25) is 0 Å². The van der Waals surface area contributed by atoms with Crippen molar-refractivity contribution in [2.75, 3.05) is 0 Å². The fourth-order valence-corrected chi connectivity index (χ4v) is 0.995. The first-order valence-electron chi connectivity index (χ1n) is 2.92. The number of hydrogen-bond acceptors (Lipinski definition) is 0. The van der Waals surface area contributed by atoms with E-state index in [1.54, 1.807) is 0 Å². The lowest BCUT2D eigenvalue weighted by Gasteiger charge is -1.95. The summed E-state index contributed by atoms with van der Waals surface area (Å²) in [5.74, 6) is -0.130. The van der Waals surface area contributed by atoms with Crippen molar-refractivity contribution in [1.29, 1.82) is 0 Å². The van der Waals surface area contributed by atoms with E-state index in [2.05, 4.69) is 0 Å². The molecule has 1 aliphatic rings. The zero-order valence-corrected chi connectivity index (χ0v) is 5.07. The van der Waals surface area contributed by atoms with E-state index in [1.165, 1.54) is 0 Å². The van der Waals surface area contributed by atoms with Gasteiger partial charge in [-0.1, -0.05) is 13.8 Å². The molecule has 1 aliphatic carbocycles. The molecule has 0 saturated heterocycles. The van der Waals surface area contributed by atoms with E-state index < -0.39 is 12.3 Å². The van der Waals surface area contributed by atoms with Crippen molar-refractivity contribution < 1.29 is 8.78 Å². The van der Waals surface area contributed by atoms with Crippen molar-refractivity contribution in [3.05, 3.63) is 0 Å². The average molecular weight is 120 g/mol. The molecule has 1 rings (SSSR count). The van der Waals surface area contributed by atoms with Gasteiger partial charge in [0.1, 0.15) is 12.3 Å². The quantitative estimate of drug-likeness (QED) is 0.496. The second-order valence-electron chi connectivity index (χ2n) is 2.71. The molecule has 0 heterocycles. The third-order valence-corrected chi connectivity index (χ3v) is 1.67. The standard InChI is InChI=1S/C6H10F2/c1-3(2)4-5(7)6(4)8/h3-6H,1-2H3/t4?,5-,6?/m1/s1. The number of halogens is 2. The summed E-state index contributed by atoms with van der Waals surface area (Å²) in [5, 5.41) is 0. The summed E-state index contributed by atoms with van der Waals surface area (Å²) in [5.41, 5.74) is 0. The Bertz CT molecular complexity index is 75.8. The minimum atomic E-state index is -1.16. The lowest BCUT2D eigenvalue weighted by Crippen LogP contribution is -1.92. The van der Waals surface area contributed by atoms with Crippen molar-refractivity contribution in [2.45, 2.75) is 26.2 Å². The van der Waals surface area contributed by atoms with Crippen LogP contribution < -0.4 is 0 Å². The van der Waals surface area contributed by atoms with Crippen molar-refractivity contribution in [3.63, 3.8) is 0 Å². The summed E-state index contributed by atoms with van der Waals surface area (Å²) in [6.45, 7) is 3.69. The van der Waals surface area contributed by atoms with E-state index >= 15 is 0 Å². The van der Waals surface area contributed by atoms with Crippen molar-refractivity contribution >= 4 is 0 Å². The zero-order chi connectivity index (χ0) is 6.31. The average Bonchev–Trinajstić information content (AvgIpc) is 2.15. The highest BCUT2D eigenvalue weighted by Gasteiger charge is 2.53. The molecular formula is C6H10F2. The Morgan fingerprint density at radius 1 is 1.12 bits per heavy atom. The maximum atomic E-state index is 12.0. The molecule has 0 bridgehead atoms. The van der Waals surface area contributed by atoms with Gasteiger partial charge in [-0.2, -0.15) is 0 Å². The topological polar surface area (TPSA) is 0 Å². The number of hydrogen-bond donors (Lipinski definition) is 0. The summed E-state index contributed by atoms with van der Waals surface area (Å²) in [7, 11) is 0. The van der Waals surface area contributed by atoms with Crippen molar-refractivity contribution in [2.24, 2.45) is 11.8 Å². The summed E-state index contributed by atoms with van der Waals surface area (Å²) in [6, 6.07) is 0. The van der Waals surface area contributed by atoms with Crippen LogP contribution in [0.15, 0.2) is 0 Å². The second kappa shape index (κ2) is 1.67. The van der Waals surface area contributed by atoms with E-state index in [0.717, 1.165) is 0 Å². The molecule has 1 saturated carbocycles. The van der Waals surface area contributed by atoms with E-state index in [0.29, 0.717) is 0 Å².